The Bertz CT molecular complexity index is 237. The summed E-state index contributed by atoms with van der Waals surface area (Å²) in [6.07, 6.45) is 0. The summed E-state index contributed by atoms with van der Waals surface area (Å²) in [6, 6.07) is 4.96. The first-order valence-corrected chi connectivity index (χ1v) is 3.29. The van der Waals surface area contributed by atoms with E-state index in [0.29, 0.717) is 11.6 Å². The van der Waals surface area contributed by atoms with E-state index in [1.165, 1.54) is 0 Å². The molecule has 1 rings (SSSR count). The van der Waals surface area contributed by atoms with Crippen LogP contribution in [0, 0.1) is 0 Å². The van der Waals surface area contributed by atoms with Gasteiger partial charge in [0.25, 0.3) is 0 Å². The van der Waals surface area contributed by atoms with E-state index in [0.717, 1.165) is 5.56 Å². The molecule has 54 valence electrons. The molecule has 3 heteroatoms. The number of hydrogen-bond donors (Lipinski definition) is 2. The molecule has 0 aliphatic rings. The zero-order valence-corrected chi connectivity index (χ0v) is 6.10. The third-order valence-electron chi connectivity index (χ3n) is 1.25. The van der Waals surface area contributed by atoms with Gasteiger partial charge in [0.1, 0.15) is 5.75 Å². The fraction of sp³-hybridized carbons (Fsp3) is 0.143. The smallest absolute Gasteiger partial charge is 0.134 e. The summed E-state index contributed by atoms with van der Waals surface area (Å²) in [5.41, 5.74) is 6.19. The van der Waals surface area contributed by atoms with E-state index in [1.54, 1.807) is 18.2 Å². The van der Waals surface area contributed by atoms with E-state index in [2.05, 4.69) is 0 Å². The van der Waals surface area contributed by atoms with Gasteiger partial charge in [-0.2, -0.15) is 0 Å². The number of phenols is 1. The van der Waals surface area contributed by atoms with Crippen molar-refractivity contribution in [1.29, 1.82) is 0 Å². The summed E-state index contributed by atoms with van der Waals surface area (Å²) in [7, 11) is 0. The van der Waals surface area contributed by atoms with E-state index in [4.69, 9.17) is 22.4 Å². The monoisotopic (exact) mass is 157 g/mol. The Kier molecular flexibility index (Phi) is 2.14. The SMILES string of the molecule is NCc1ccc(Cl)c(O)c1. The number of hydrogen-bond acceptors (Lipinski definition) is 2. The van der Waals surface area contributed by atoms with Crippen LogP contribution in [-0.2, 0) is 6.54 Å². The van der Waals surface area contributed by atoms with E-state index in [9.17, 15) is 0 Å². The maximum atomic E-state index is 9.04. The van der Waals surface area contributed by atoms with Crippen molar-refractivity contribution in [2.75, 3.05) is 0 Å². The second-order valence-corrected chi connectivity index (χ2v) is 2.40. The Morgan fingerprint density at radius 1 is 1.50 bits per heavy atom. The molecule has 0 unspecified atom stereocenters. The summed E-state index contributed by atoms with van der Waals surface area (Å²) in [6.45, 7) is 0.421. The van der Waals surface area contributed by atoms with Gasteiger partial charge in [0.05, 0.1) is 5.02 Å². The molecule has 0 fully saturated rings. The van der Waals surface area contributed by atoms with Crippen LogP contribution in [0.15, 0.2) is 18.2 Å². The molecular formula is C7H8ClNO. The van der Waals surface area contributed by atoms with Gasteiger partial charge in [-0.3, -0.25) is 0 Å². The highest BCUT2D eigenvalue weighted by Gasteiger charge is 1.96. The third kappa shape index (κ3) is 1.40. The lowest BCUT2D eigenvalue weighted by Gasteiger charge is -1.98. The topological polar surface area (TPSA) is 46.2 Å². The van der Waals surface area contributed by atoms with E-state index in [-0.39, 0.29) is 5.75 Å². The predicted octanol–water partition coefficient (Wildman–Crippen LogP) is 1.50. The first kappa shape index (κ1) is 7.38. The molecule has 0 bridgehead atoms. The van der Waals surface area contributed by atoms with Gasteiger partial charge in [0.15, 0.2) is 0 Å². The molecule has 0 atom stereocenters. The van der Waals surface area contributed by atoms with Crippen LogP contribution in [0.5, 0.6) is 5.75 Å². The highest BCUT2D eigenvalue weighted by atomic mass is 35.5. The van der Waals surface area contributed by atoms with Crippen molar-refractivity contribution in [2.24, 2.45) is 5.73 Å². The van der Waals surface area contributed by atoms with Crippen molar-refractivity contribution in [3.05, 3.63) is 28.8 Å². The van der Waals surface area contributed by atoms with Gasteiger partial charge >= 0.3 is 0 Å². The van der Waals surface area contributed by atoms with Crippen LogP contribution < -0.4 is 5.73 Å². The number of halogens is 1. The number of aromatic hydroxyl groups is 1. The van der Waals surface area contributed by atoms with E-state index < -0.39 is 0 Å². The average molecular weight is 158 g/mol. The van der Waals surface area contributed by atoms with Gasteiger partial charge in [-0.1, -0.05) is 17.7 Å². The first-order chi connectivity index (χ1) is 4.74. The Labute approximate surface area is 64.2 Å². The van der Waals surface area contributed by atoms with Crippen molar-refractivity contribution in [1.82, 2.24) is 0 Å². The van der Waals surface area contributed by atoms with Crippen LogP contribution in [0.4, 0.5) is 0 Å². The molecule has 0 aliphatic carbocycles. The predicted molar refractivity (Wildman–Crippen MR) is 41.0 cm³/mol. The zero-order chi connectivity index (χ0) is 7.56. The number of benzene rings is 1. The number of nitrogens with two attached hydrogens (primary N) is 1. The molecule has 0 radical (unpaired) electrons. The molecule has 3 N–H and O–H groups in total. The molecule has 0 saturated carbocycles. The highest BCUT2D eigenvalue weighted by Crippen LogP contribution is 2.23. The Morgan fingerprint density at radius 2 is 2.20 bits per heavy atom. The van der Waals surface area contributed by atoms with Crippen LogP contribution >= 0.6 is 11.6 Å². The van der Waals surface area contributed by atoms with Crippen molar-refractivity contribution >= 4 is 11.6 Å². The minimum absolute atomic E-state index is 0.0876. The summed E-state index contributed by atoms with van der Waals surface area (Å²) < 4.78 is 0. The minimum atomic E-state index is 0.0876. The highest BCUT2D eigenvalue weighted by molar-refractivity contribution is 6.31. The first-order valence-electron chi connectivity index (χ1n) is 2.91. The molecule has 2 nitrogen and oxygen atoms in total. The lowest BCUT2D eigenvalue weighted by Crippen LogP contribution is -1.94. The Balaban J connectivity index is 3.04. The number of rotatable bonds is 1. The largest absolute Gasteiger partial charge is 0.506 e. The van der Waals surface area contributed by atoms with Gasteiger partial charge in [-0.05, 0) is 17.7 Å². The van der Waals surface area contributed by atoms with Crippen LogP contribution in [0.3, 0.4) is 0 Å². The average Bonchev–Trinajstić information content (AvgIpc) is 1.95. The third-order valence-corrected chi connectivity index (χ3v) is 1.57. The molecule has 1 aromatic carbocycles. The second-order valence-electron chi connectivity index (χ2n) is 1.99. The summed E-state index contributed by atoms with van der Waals surface area (Å²) >= 11 is 5.55. The van der Waals surface area contributed by atoms with Crippen molar-refractivity contribution < 1.29 is 5.11 Å². The maximum absolute atomic E-state index is 9.04. The van der Waals surface area contributed by atoms with Gasteiger partial charge in [0.2, 0.25) is 0 Å². The Morgan fingerprint density at radius 3 is 2.70 bits per heavy atom. The molecule has 0 amide bonds. The zero-order valence-electron chi connectivity index (χ0n) is 5.34. The molecule has 1 aromatic rings. The molecule has 0 saturated heterocycles. The summed E-state index contributed by atoms with van der Waals surface area (Å²) in [4.78, 5) is 0. The van der Waals surface area contributed by atoms with Gasteiger partial charge in [-0.15, -0.1) is 0 Å². The van der Waals surface area contributed by atoms with Gasteiger partial charge < -0.3 is 10.8 Å². The summed E-state index contributed by atoms with van der Waals surface area (Å²) in [5, 5.41) is 9.40. The van der Waals surface area contributed by atoms with Crippen LogP contribution in [0.1, 0.15) is 5.56 Å². The van der Waals surface area contributed by atoms with Crippen LogP contribution in [0.25, 0.3) is 0 Å². The van der Waals surface area contributed by atoms with Gasteiger partial charge in [-0.25, -0.2) is 0 Å². The van der Waals surface area contributed by atoms with Crippen molar-refractivity contribution in [3.8, 4) is 5.75 Å². The van der Waals surface area contributed by atoms with E-state index >= 15 is 0 Å². The summed E-state index contributed by atoms with van der Waals surface area (Å²) in [5.74, 6) is 0.0876. The Hall–Kier alpha value is -0.730. The van der Waals surface area contributed by atoms with Crippen molar-refractivity contribution in [2.45, 2.75) is 6.54 Å². The van der Waals surface area contributed by atoms with Gasteiger partial charge in [0, 0.05) is 6.54 Å². The molecule has 10 heavy (non-hydrogen) atoms. The minimum Gasteiger partial charge on any atom is -0.506 e. The van der Waals surface area contributed by atoms with Crippen LogP contribution in [0.2, 0.25) is 5.02 Å². The fourth-order valence-corrected chi connectivity index (χ4v) is 0.803. The lowest BCUT2D eigenvalue weighted by atomic mass is 10.2. The van der Waals surface area contributed by atoms with Crippen LogP contribution in [-0.4, -0.2) is 5.11 Å². The molecule has 0 aliphatic heterocycles. The maximum Gasteiger partial charge on any atom is 0.134 e. The molecule has 0 heterocycles. The van der Waals surface area contributed by atoms with Crippen molar-refractivity contribution in [3.63, 3.8) is 0 Å². The molecular weight excluding hydrogens is 150 g/mol. The lowest BCUT2D eigenvalue weighted by molar-refractivity contribution is 0.475. The standard InChI is InChI=1S/C7H8ClNO/c8-6-2-1-5(4-9)3-7(6)10/h1-3,10H,4,9H2. The molecule has 0 aromatic heterocycles. The normalized spacial score (nSPS) is 9.80. The fourth-order valence-electron chi connectivity index (χ4n) is 0.685. The number of phenolic OH excluding ortho intramolecular Hbond substituents is 1. The molecule has 0 spiro atoms. The van der Waals surface area contributed by atoms with E-state index in [1.807, 2.05) is 0 Å². The second kappa shape index (κ2) is 2.90. The quantitative estimate of drug-likeness (QED) is 0.649.